The summed E-state index contributed by atoms with van der Waals surface area (Å²) in [5.74, 6) is 0. The van der Waals surface area contributed by atoms with E-state index in [-0.39, 0.29) is 17.4 Å². The van der Waals surface area contributed by atoms with Crippen LogP contribution in [0.5, 0.6) is 0 Å². The van der Waals surface area contributed by atoms with E-state index >= 15 is 0 Å². The molecule has 0 radical (unpaired) electrons. The Kier molecular flexibility index (Phi) is 4.47. The lowest BCUT2D eigenvalue weighted by molar-refractivity contribution is -0.0337. The second-order valence-electron chi connectivity index (χ2n) is 5.80. The normalized spacial score (nSPS) is 19.2. The number of nitrogens with zero attached hydrogens (tertiary/aromatic N) is 4. The molecule has 1 aliphatic rings. The second-order valence-corrected chi connectivity index (χ2v) is 6.69. The molecule has 1 saturated heterocycles. The van der Waals surface area contributed by atoms with E-state index in [9.17, 15) is 9.59 Å². The summed E-state index contributed by atoms with van der Waals surface area (Å²) >= 11 is 1.60. The van der Waals surface area contributed by atoms with Gasteiger partial charge in [0.1, 0.15) is 11.1 Å². The van der Waals surface area contributed by atoms with Crippen molar-refractivity contribution < 1.29 is 4.74 Å². The van der Waals surface area contributed by atoms with Gasteiger partial charge in [-0.2, -0.15) is 0 Å². The number of aryl methyl sites for hydroxylation is 1. The Morgan fingerprint density at radius 3 is 2.83 bits per heavy atom. The lowest BCUT2D eigenvalue weighted by atomic mass is 10.2. The highest BCUT2D eigenvalue weighted by Gasteiger charge is 2.25. The molecule has 2 aromatic rings. The number of aromatic nitrogens is 3. The molecule has 0 aliphatic carbocycles. The van der Waals surface area contributed by atoms with E-state index in [1.54, 1.807) is 18.4 Å². The zero-order valence-electron chi connectivity index (χ0n) is 13.5. The van der Waals surface area contributed by atoms with Crippen molar-refractivity contribution in [3.05, 3.63) is 48.7 Å². The van der Waals surface area contributed by atoms with Crippen molar-refractivity contribution in [2.24, 2.45) is 14.1 Å². The van der Waals surface area contributed by atoms with E-state index in [4.69, 9.17) is 4.74 Å². The summed E-state index contributed by atoms with van der Waals surface area (Å²) in [5, 5.41) is 2.99. The smallest absolute Gasteiger partial charge is 0.330 e. The van der Waals surface area contributed by atoms with Crippen molar-refractivity contribution in [1.82, 2.24) is 19.0 Å². The van der Waals surface area contributed by atoms with Gasteiger partial charge in [0.15, 0.2) is 0 Å². The van der Waals surface area contributed by atoms with Crippen LogP contribution in [0.2, 0.25) is 0 Å². The molecule has 8 heteroatoms. The number of morpholine rings is 1. The van der Waals surface area contributed by atoms with Crippen molar-refractivity contribution in [3.8, 4) is 0 Å². The maximum Gasteiger partial charge on any atom is 0.330 e. The molecule has 0 bridgehead atoms. The summed E-state index contributed by atoms with van der Waals surface area (Å²) in [7, 11) is 3.18. The molecular weight excluding hydrogens is 316 g/mol. The fourth-order valence-electron chi connectivity index (χ4n) is 2.67. The van der Waals surface area contributed by atoms with Gasteiger partial charge in [-0.25, -0.2) is 9.78 Å². The summed E-state index contributed by atoms with van der Waals surface area (Å²) in [6.07, 6.45) is -0.0500. The van der Waals surface area contributed by atoms with Gasteiger partial charge in [0.05, 0.1) is 6.61 Å². The molecule has 3 rings (SSSR count). The molecule has 7 nitrogen and oxygen atoms in total. The van der Waals surface area contributed by atoms with Gasteiger partial charge in [0.25, 0.3) is 5.56 Å². The molecule has 124 valence electrons. The van der Waals surface area contributed by atoms with Crippen molar-refractivity contribution in [3.63, 3.8) is 0 Å². The Hall–Kier alpha value is -1.77. The van der Waals surface area contributed by atoms with Gasteiger partial charge in [-0.15, -0.1) is 11.3 Å². The third-order valence-electron chi connectivity index (χ3n) is 4.07. The van der Waals surface area contributed by atoms with Gasteiger partial charge in [0.2, 0.25) is 0 Å². The number of hydrogen-bond donors (Lipinski definition) is 0. The first-order valence-corrected chi connectivity index (χ1v) is 8.35. The maximum atomic E-state index is 12.0. The predicted octanol–water partition coefficient (Wildman–Crippen LogP) is 0.422. The molecule has 23 heavy (non-hydrogen) atoms. The quantitative estimate of drug-likeness (QED) is 0.813. The SMILES string of the molecule is Cc1csc([C@@H]2CN(Cc3cc(=O)n(C)c(=O)n3C)CCO2)n1. The number of ether oxygens (including phenoxy) is 1. The maximum absolute atomic E-state index is 12.0. The van der Waals surface area contributed by atoms with E-state index in [0.717, 1.165) is 21.8 Å². The number of hydrogen-bond acceptors (Lipinski definition) is 6. The average Bonchev–Trinajstić information content (AvgIpc) is 2.97. The molecule has 0 N–H and O–H groups in total. The first kappa shape index (κ1) is 16.1. The minimum atomic E-state index is -0.298. The zero-order valence-corrected chi connectivity index (χ0v) is 14.3. The van der Waals surface area contributed by atoms with Crippen molar-refractivity contribution >= 4 is 11.3 Å². The van der Waals surface area contributed by atoms with Crippen LogP contribution in [0.25, 0.3) is 0 Å². The van der Waals surface area contributed by atoms with Crippen LogP contribution in [0.4, 0.5) is 0 Å². The Morgan fingerprint density at radius 2 is 2.13 bits per heavy atom. The summed E-state index contributed by atoms with van der Waals surface area (Å²) < 4.78 is 8.46. The Bertz CT molecular complexity index is 823. The van der Waals surface area contributed by atoms with E-state index < -0.39 is 0 Å². The third kappa shape index (κ3) is 3.29. The first-order chi connectivity index (χ1) is 11.0. The Balaban J connectivity index is 1.78. The third-order valence-corrected chi connectivity index (χ3v) is 5.13. The van der Waals surface area contributed by atoms with Crippen LogP contribution in [-0.4, -0.2) is 38.7 Å². The molecule has 1 atom stereocenters. The molecule has 1 fully saturated rings. The zero-order chi connectivity index (χ0) is 16.6. The summed E-state index contributed by atoms with van der Waals surface area (Å²) in [6, 6.07) is 1.53. The van der Waals surface area contributed by atoms with Crippen molar-refractivity contribution in [2.45, 2.75) is 19.6 Å². The summed E-state index contributed by atoms with van der Waals surface area (Å²) in [6.45, 7) is 4.60. The van der Waals surface area contributed by atoms with Crippen LogP contribution in [0.1, 0.15) is 22.5 Å². The predicted molar refractivity (Wildman–Crippen MR) is 87.7 cm³/mol. The molecule has 3 heterocycles. The van der Waals surface area contributed by atoms with E-state index in [2.05, 4.69) is 9.88 Å². The molecule has 0 saturated carbocycles. The molecule has 2 aromatic heterocycles. The first-order valence-electron chi connectivity index (χ1n) is 7.47. The van der Waals surface area contributed by atoms with Crippen LogP contribution in [0.3, 0.4) is 0 Å². The van der Waals surface area contributed by atoms with E-state index in [1.807, 2.05) is 12.3 Å². The van der Waals surface area contributed by atoms with Gasteiger partial charge in [-0.05, 0) is 6.92 Å². The molecule has 1 aliphatic heterocycles. The van der Waals surface area contributed by atoms with Gasteiger partial charge < -0.3 is 4.74 Å². The largest absolute Gasteiger partial charge is 0.368 e. The monoisotopic (exact) mass is 336 g/mol. The van der Waals surface area contributed by atoms with Crippen molar-refractivity contribution in [1.29, 1.82) is 0 Å². The number of thiazole rings is 1. The fraction of sp³-hybridized carbons (Fsp3) is 0.533. The summed E-state index contributed by atoms with van der Waals surface area (Å²) in [5.41, 5.74) is 1.14. The lowest BCUT2D eigenvalue weighted by Crippen LogP contribution is -2.42. The van der Waals surface area contributed by atoms with Crippen molar-refractivity contribution in [2.75, 3.05) is 19.7 Å². The molecule has 0 spiro atoms. The minimum Gasteiger partial charge on any atom is -0.368 e. The Labute approximate surface area is 137 Å². The molecule has 0 unspecified atom stereocenters. The highest BCUT2D eigenvalue weighted by Crippen LogP contribution is 2.25. The van der Waals surface area contributed by atoms with Gasteiger partial charge in [-0.1, -0.05) is 0 Å². The van der Waals surface area contributed by atoms with E-state index in [0.29, 0.717) is 25.4 Å². The molecule has 0 aromatic carbocycles. The number of rotatable bonds is 3. The molecule has 0 amide bonds. The summed E-state index contributed by atoms with van der Waals surface area (Å²) in [4.78, 5) is 30.5. The van der Waals surface area contributed by atoms with Crippen LogP contribution in [0.15, 0.2) is 21.0 Å². The minimum absolute atomic E-state index is 0.0500. The van der Waals surface area contributed by atoms with Crippen LogP contribution in [0, 0.1) is 6.92 Å². The van der Waals surface area contributed by atoms with Crippen LogP contribution in [-0.2, 0) is 25.4 Å². The van der Waals surface area contributed by atoms with Gasteiger partial charge >= 0.3 is 5.69 Å². The van der Waals surface area contributed by atoms with Gasteiger partial charge in [0, 0.05) is 56.6 Å². The average molecular weight is 336 g/mol. The standard InChI is InChI=1S/C15H20N4O3S/c1-10-9-23-14(16-10)12-8-19(4-5-22-12)7-11-6-13(20)18(3)15(21)17(11)2/h6,9,12H,4-5,7-8H2,1-3H3/t12-/m0/s1. The van der Waals surface area contributed by atoms with Crippen LogP contribution >= 0.6 is 11.3 Å². The fourth-order valence-corrected chi connectivity index (χ4v) is 3.51. The van der Waals surface area contributed by atoms with E-state index in [1.165, 1.54) is 17.7 Å². The molecular formula is C15H20N4O3S. The highest BCUT2D eigenvalue weighted by molar-refractivity contribution is 7.09. The highest BCUT2D eigenvalue weighted by atomic mass is 32.1. The topological polar surface area (TPSA) is 69.4 Å². The lowest BCUT2D eigenvalue weighted by Gasteiger charge is -2.32. The van der Waals surface area contributed by atoms with Gasteiger partial charge in [-0.3, -0.25) is 18.8 Å². The second kappa shape index (κ2) is 6.38. The van der Waals surface area contributed by atoms with Crippen LogP contribution < -0.4 is 11.2 Å². The Morgan fingerprint density at radius 1 is 1.35 bits per heavy atom.